The molecule has 0 radical (unpaired) electrons. The van der Waals surface area contributed by atoms with Crippen molar-refractivity contribution in [3.8, 4) is 5.75 Å². The fourth-order valence-corrected chi connectivity index (χ4v) is 2.05. The van der Waals surface area contributed by atoms with E-state index in [-0.39, 0.29) is 18.3 Å². The fraction of sp³-hybridized carbons (Fsp3) is 0.235. The van der Waals surface area contributed by atoms with Crippen molar-refractivity contribution in [2.75, 3.05) is 7.05 Å². The Labute approximate surface area is 137 Å². The molecule has 1 N–H and O–H groups in total. The molecule has 0 aliphatic carbocycles. The van der Waals surface area contributed by atoms with Gasteiger partial charge in [-0.05, 0) is 23.3 Å². The monoisotopic (exact) mass is 338 g/mol. The molecule has 2 amide bonds. The molecule has 0 fully saturated rings. The molecular weight excluding hydrogens is 321 g/mol. The largest absolute Gasteiger partial charge is 0.573 e. The first kappa shape index (κ1) is 17.7. The molecule has 2 aromatic rings. The van der Waals surface area contributed by atoms with Gasteiger partial charge < -0.3 is 15.0 Å². The molecule has 24 heavy (non-hydrogen) atoms. The van der Waals surface area contributed by atoms with Gasteiger partial charge in [-0.1, -0.05) is 42.5 Å². The first-order chi connectivity index (χ1) is 11.3. The van der Waals surface area contributed by atoms with E-state index < -0.39 is 6.36 Å². The zero-order valence-electron chi connectivity index (χ0n) is 13.0. The quantitative estimate of drug-likeness (QED) is 0.898. The smallest absolute Gasteiger partial charge is 0.406 e. The zero-order chi connectivity index (χ0) is 17.6. The van der Waals surface area contributed by atoms with Gasteiger partial charge in [0.2, 0.25) is 0 Å². The highest BCUT2D eigenvalue weighted by molar-refractivity contribution is 5.73. The van der Waals surface area contributed by atoms with E-state index in [0.717, 1.165) is 5.56 Å². The van der Waals surface area contributed by atoms with Gasteiger partial charge in [-0.2, -0.15) is 0 Å². The van der Waals surface area contributed by atoms with Gasteiger partial charge in [-0.15, -0.1) is 13.2 Å². The number of rotatable bonds is 5. The lowest BCUT2D eigenvalue weighted by Crippen LogP contribution is -2.36. The molecule has 0 atom stereocenters. The van der Waals surface area contributed by atoms with Crippen molar-refractivity contribution < 1.29 is 22.7 Å². The molecule has 0 aliphatic rings. The second-order valence-electron chi connectivity index (χ2n) is 5.19. The number of carbonyl (C=O) groups is 1. The van der Waals surface area contributed by atoms with Crippen LogP contribution in [0.4, 0.5) is 18.0 Å². The Bertz CT molecular complexity index is 658. The summed E-state index contributed by atoms with van der Waals surface area (Å²) >= 11 is 0. The van der Waals surface area contributed by atoms with Gasteiger partial charge in [0, 0.05) is 20.1 Å². The summed E-state index contributed by atoms with van der Waals surface area (Å²) in [5.41, 5.74) is 1.68. The summed E-state index contributed by atoms with van der Waals surface area (Å²) in [7, 11) is 1.61. The molecule has 0 bridgehead atoms. The summed E-state index contributed by atoms with van der Waals surface area (Å²) in [4.78, 5) is 13.5. The Morgan fingerprint density at radius 1 is 1.04 bits per heavy atom. The number of amides is 2. The maximum atomic E-state index is 12.1. The SMILES string of the molecule is CN(Cc1ccc(OC(F)(F)F)cc1)C(=O)NCc1ccccc1. The number of hydrogen-bond donors (Lipinski definition) is 1. The molecule has 0 unspecified atom stereocenters. The first-order valence-electron chi connectivity index (χ1n) is 7.21. The number of carbonyl (C=O) groups excluding carboxylic acids is 1. The number of nitrogens with one attached hydrogen (secondary N) is 1. The maximum Gasteiger partial charge on any atom is 0.573 e. The first-order valence-corrected chi connectivity index (χ1v) is 7.21. The lowest BCUT2D eigenvalue weighted by Gasteiger charge is -2.18. The van der Waals surface area contributed by atoms with Crippen molar-refractivity contribution >= 4 is 6.03 Å². The highest BCUT2D eigenvalue weighted by Crippen LogP contribution is 2.22. The number of alkyl halides is 3. The van der Waals surface area contributed by atoms with Crippen LogP contribution in [0.25, 0.3) is 0 Å². The summed E-state index contributed by atoms with van der Waals surface area (Å²) in [5, 5.41) is 2.77. The van der Waals surface area contributed by atoms with Crippen LogP contribution in [0.1, 0.15) is 11.1 Å². The maximum absolute atomic E-state index is 12.1. The molecule has 0 saturated carbocycles. The van der Waals surface area contributed by atoms with Crippen molar-refractivity contribution in [2.24, 2.45) is 0 Å². The third-order valence-electron chi connectivity index (χ3n) is 3.21. The highest BCUT2D eigenvalue weighted by Gasteiger charge is 2.30. The molecule has 0 aliphatic heterocycles. The Hall–Kier alpha value is -2.70. The molecule has 0 spiro atoms. The van der Waals surface area contributed by atoms with Crippen LogP contribution in [-0.4, -0.2) is 24.3 Å². The molecule has 2 rings (SSSR count). The Morgan fingerprint density at radius 3 is 2.25 bits per heavy atom. The molecule has 0 saturated heterocycles. The van der Waals surface area contributed by atoms with E-state index in [9.17, 15) is 18.0 Å². The number of nitrogens with zero attached hydrogens (tertiary/aromatic N) is 1. The summed E-state index contributed by atoms with van der Waals surface area (Å²) in [6, 6.07) is 14.6. The van der Waals surface area contributed by atoms with Crippen molar-refractivity contribution in [3.05, 3.63) is 65.7 Å². The molecule has 128 valence electrons. The molecule has 0 heterocycles. The molecule has 4 nitrogen and oxygen atoms in total. The summed E-state index contributed by atoms with van der Waals surface area (Å²) in [6.07, 6.45) is -4.71. The minimum absolute atomic E-state index is 0.269. The van der Waals surface area contributed by atoms with Crippen LogP contribution in [0, 0.1) is 0 Å². The van der Waals surface area contributed by atoms with Gasteiger partial charge in [0.05, 0.1) is 0 Å². The van der Waals surface area contributed by atoms with Crippen LogP contribution in [0.5, 0.6) is 5.75 Å². The zero-order valence-corrected chi connectivity index (χ0v) is 13.0. The third-order valence-corrected chi connectivity index (χ3v) is 3.21. The van der Waals surface area contributed by atoms with Crippen LogP contribution in [0.2, 0.25) is 0 Å². The van der Waals surface area contributed by atoms with Crippen LogP contribution >= 0.6 is 0 Å². The van der Waals surface area contributed by atoms with E-state index in [0.29, 0.717) is 12.1 Å². The summed E-state index contributed by atoms with van der Waals surface area (Å²) in [5.74, 6) is -0.289. The predicted octanol–water partition coefficient (Wildman–Crippen LogP) is 3.93. The van der Waals surface area contributed by atoms with Gasteiger partial charge in [-0.3, -0.25) is 0 Å². The average molecular weight is 338 g/mol. The van der Waals surface area contributed by atoms with Crippen molar-refractivity contribution in [1.29, 1.82) is 0 Å². The van der Waals surface area contributed by atoms with Crippen LogP contribution in [0.15, 0.2) is 54.6 Å². The number of urea groups is 1. The topological polar surface area (TPSA) is 41.6 Å². The van der Waals surface area contributed by atoms with Crippen LogP contribution in [-0.2, 0) is 13.1 Å². The summed E-state index contributed by atoms with van der Waals surface area (Å²) in [6.45, 7) is 0.676. The van der Waals surface area contributed by atoms with Gasteiger partial charge in [-0.25, -0.2) is 4.79 Å². The van der Waals surface area contributed by atoms with Crippen molar-refractivity contribution in [3.63, 3.8) is 0 Å². The average Bonchev–Trinajstić information content (AvgIpc) is 2.54. The second kappa shape index (κ2) is 7.72. The second-order valence-corrected chi connectivity index (χ2v) is 5.19. The van der Waals surface area contributed by atoms with E-state index in [1.54, 1.807) is 7.05 Å². The van der Waals surface area contributed by atoms with Crippen LogP contribution < -0.4 is 10.1 Å². The van der Waals surface area contributed by atoms with E-state index in [1.807, 2.05) is 30.3 Å². The number of hydrogen-bond acceptors (Lipinski definition) is 2. The molecule has 0 aromatic heterocycles. The van der Waals surface area contributed by atoms with Gasteiger partial charge >= 0.3 is 12.4 Å². The van der Waals surface area contributed by atoms with Gasteiger partial charge in [0.15, 0.2) is 0 Å². The van der Waals surface area contributed by atoms with E-state index in [1.165, 1.54) is 29.2 Å². The predicted molar refractivity (Wildman–Crippen MR) is 83.3 cm³/mol. The summed E-state index contributed by atoms with van der Waals surface area (Å²) < 4.78 is 40.1. The molecule has 2 aromatic carbocycles. The molecule has 7 heteroatoms. The van der Waals surface area contributed by atoms with E-state index in [2.05, 4.69) is 10.1 Å². The normalized spacial score (nSPS) is 11.0. The minimum Gasteiger partial charge on any atom is -0.406 e. The lowest BCUT2D eigenvalue weighted by atomic mass is 10.2. The van der Waals surface area contributed by atoms with Gasteiger partial charge in [0.25, 0.3) is 0 Å². The minimum atomic E-state index is -4.71. The number of halogens is 3. The van der Waals surface area contributed by atoms with E-state index >= 15 is 0 Å². The number of benzene rings is 2. The van der Waals surface area contributed by atoms with Gasteiger partial charge in [0.1, 0.15) is 5.75 Å². The third kappa shape index (κ3) is 5.83. The van der Waals surface area contributed by atoms with Crippen molar-refractivity contribution in [2.45, 2.75) is 19.5 Å². The highest BCUT2D eigenvalue weighted by atomic mass is 19.4. The lowest BCUT2D eigenvalue weighted by molar-refractivity contribution is -0.274. The number of ether oxygens (including phenoxy) is 1. The van der Waals surface area contributed by atoms with Crippen molar-refractivity contribution in [1.82, 2.24) is 10.2 Å². The fourth-order valence-electron chi connectivity index (χ4n) is 2.05. The Morgan fingerprint density at radius 2 is 1.67 bits per heavy atom. The standard InChI is InChI=1S/C17H17F3N2O2/c1-22(16(23)21-11-13-5-3-2-4-6-13)12-14-7-9-15(10-8-14)24-17(18,19)20/h2-10H,11-12H2,1H3,(H,21,23). The van der Waals surface area contributed by atoms with E-state index in [4.69, 9.17) is 0 Å². The Kier molecular flexibility index (Phi) is 5.68. The Balaban J connectivity index is 1.84. The van der Waals surface area contributed by atoms with Crippen LogP contribution in [0.3, 0.4) is 0 Å². The molecular formula is C17H17F3N2O2.